The molecule has 1 N–H and O–H groups in total. The van der Waals surface area contributed by atoms with Crippen molar-refractivity contribution >= 4 is 0 Å². The highest BCUT2D eigenvalue weighted by Crippen LogP contribution is 2.39. The minimum absolute atomic E-state index is 0.749. The SMILES string of the molecule is CNC1CC(C)CC(C)C1CN(CC1CC1)C1CC1. The van der Waals surface area contributed by atoms with Crippen molar-refractivity contribution in [2.24, 2.45) is 23.7 Å². The smallest absolute Gasteiger partial charge is 0.0110 e. The highest BCUT2D eigenvalue weighted by molar-refractivity contribution is 4.94. The van der Waals surface area contributed by atoms with Crippen LogP contribution in [0.1, 0.15) is 52.4 Å². The van der Waals surface area contributed by atoms with Gasteiger partial charge in [0.05, 0.1) is 0 Å². The third kappa shape index (κ3) is 3.52. The van der Waals surface area contributed by atoms with Crippen molar-refractivity contribution in [2.75, 3.05) is 20.1 Å². The molecule has 3 aliphatic carbocycles. The summed E-state index contributed by atoms with van der Waals surface area (Å²) in [5.74, 6) is 3.72. The van der Waals surface area contributed by atoms with E-state index in [4.69, 9.17) is 0 Å². The molecular formula is C17H32N2. The van der Waals surface area contributed by atoms with Crippen LogP contribution in [0.5, 0.6) is 0 Å². The first-order valence-corrected chi connectivity index (χ1v) is 8.58. The molecule has 0 aromatic carbocycles. The fourth-order valence-electron chi connectivity index (χ4n) is 4.26. The summed E-state index contributed by atoms with van der Waals surface area (Å²) in [7, 11) is 2.17. The number of hydrogen-bond donors (Lipinski definition) is 1. The second-order valence-electron chi connectivity index (χ2n) is 7.74. The molecule has 2 nitrogen and oxygen atoms in total. The van der Waals surface area contributed by atoms with Crippen LogP contribution in [0.3, 0.4) is 0 Å². The van der Waals surface area contributed by atoms with E-state index in [0.717, 1.165) is 35.8 Å². The molecule has 3 rings (SSSR count). The zero-order valence-corrected chi connectivity index (χ0v) is 13.1. The summed E-state index contributed by atoms with van der Waals surface area (Å²) in [6, 6.07) is 1.70. The van der Waals surface area contributed by atoms with Crippen LogP contribution in [0.25, 0.3) is 0 Å². The third-order valence-electron chi connectivity index (χ3n) is 5.75. The van der Waals surface area contributed by atoms with Crippen molar-refractivity contribution in [1.29, 1.82) is 0 Å². The first kappa shape index (κ1) is 13.9. The molecule has 0 radical (unpaired) electrons. The Balaban J connectivity index is 1.60. The summed E-state index contributed by atoms with van der Waals surface area (Å²) in [5, 5.41) is 3.62. The van der Waals surface area contributed by atoms with Crippen LogP contribution in [0.4, 0.5) is 0 Å². The van der Waals surface area contributed by atoms with E-state index in [-0.39, 0.29) is 0 Å². The Morgan fingerprint density at radius 3 is 2.32 bits per heavy atom. The molecule has 4 atom stereocenters. The Morgan fingerprint density at radius 1 is 1.00 bits per heavy atom. The molecule has 3 fully saturated rings. The van der Waals surface area contributed by atoms with Crippen molar-refractivity contribution in [2.45, 2.75) is 64.5 Å². The first-order valence-electron chi connectivity index (χ1n) is 8.58. The van der Waals surface area contributed by atoms with Crippen LogP contribution in [-0.2, 0) is 0 Å². The Hall–Kier alpha value is -0.0800. The van der Waals surface area contributed by atoms with Gasteiger partial charge in [0.1, 0.15) is 0 Å². The van der Waals surface area contributed by atoms with E-state index in [1.165, 1.54) is 51.6 Å². The third-order valence-corrected chi connectivity index (χ3v) is 5.75. The lowest BCUT2D eigenvalue weighted by atomic mass is 9.72. The highest BCUT2D eigenvalue weighted by atomic mass is 15.2. The quantitative estimate of drug-likeness (QED) is 0.793. The van der Waals surface area contributed by atoms with Crippen LogP contribution in [-0.4, -0.2) is 37.1 Å². The Kier molecular flexibility index (Phi) is 4.19. The zero-order chi connectivity index (χ0) is 13.4. The molecule has 0 aromatic rings. The predicted molar refractivity (Wildman–Crippen MR) is 81.2 cm³/mol. The molecule has 0 amide bonds. The minimum atomic E-state index is 0.749. The van der Waals surface area contributed by atoms with Gasteiger partial charge in [-0.1, -0.05) is 13.8 Å². The van der Waals surface area contributed by atoms with Gasteiger partial charge in [-0.2, -0.15) is 0 Å². The van der Waals surface area contributed by atoms with Gasteiger partial charge in [0.15, 0.2) is 0 Å². The van der Waals surface area contributed by atoms with E-state index in [1.807, 2.05) is 0 Å². The predicted octanol–water partition coefficient (Wildman–Crippen LogP) is 3.13. The van der Waals surface area contributed by atoms with Crippen LogP contribution < -0.4 is 5.32 Å². The second-order valence-corrected chi connectivity index (χ2v) is 7.74. The zero-order valence-electron chi connectivity index (χ0n) is 13.1. The molecule has 0 bridgehead atoms. The van der Waals surface area contributed by atoms with Gasteiger partial charge < -0.3 is 5.32 Å². The molecule has 2 heteroatoms. The number of nitrogens with one attached hydrogen (secondary N) is 1. The van der Waals surface area contributed by atoms with Gasteiger partial charge in [-0.05, 0) is 69.2 Å². The van der Waals surface area contributed by atoms with Gasteiger partial charge in [-0.3, -0.25) is 4.90 Å². The van der Waals surface area contributed by atoms with Gasteiger partial charge in [0, 0.05) is 25.2 Å². The van der Waals surface area contributed by atoms with Crippen molar-refractivity contribution in [1.82, 2.24) is 10.2 Å². The maximum Gasteiger partial charge on any atom is 0.0110 e. The summed E-state index contributed by atoms with van der Waals surface area (Å²) < 4.78 is 0. The molecule has 110 valence electrons. The fourth-order valence-corrected chi connectivity index (χ4v) is 4.26. The summed E-state index contributed by atoms with van der Waals surface area (Å²) in [4.78, 5) is 2.86. The molecule has 3 saturated carbocycles. The summed E-state index contributed by atoms with van der Waals surface area (Å²) in [6.07, 6.45) is 8.74. The van der Waals surface area contributed by atoms with Gasteiger partial charge in [0.25, 0.3) is 0 Å². The normalized spacial score (nSPS) is 39.8. The lowest BCUT2D eigenvalue weighted by Crippen LogP contribution is -2.48. The summed E-state index contributed by atoms with van der Waals surface area (Å²) in [6.45, 7) is 7.69. The molecule has 3 aliphatic rings. The van der Waals surface area contributed by atoms with Gasteiger partial charge in [-0.25, -0.2) is 0 Å². The topological polar surface area (TPSA) is 15.3 Å². The first-order chi connectivity index (χ1) is 9.17. The number of rotatable bonds is 6. The standard InChI is InChI=1S/C17H32N2/c1-12-8-13(2)16(17(9-12)18-3)11-19(15-6-7-15)10-14-4-5-14/h12-18H,4-11H2,1-3H3. The Labute approximate surface area is 119 Å². The molecule has 0 saturated heterocycles. The average molecular weight is 264 g/mol. The summed E-state index contributed by atoms with van der Waals surface area (Å²) in [5.41, 5.74) is 0. The van der Waals surface area contributed by atoms with Crippen LogP contribution in [0.15, 0.2) is 0 Å². The minimum Gasteiger partial charge on any atom is -0.317 e. The highest BCUT2D eigenvalue weighted by Gasteiger charge is 2.39. The fraction of sp³-hybridized carbons (Fsp3) is 1.00. The lowest BCUT2D eigenvalue weighted by Gasteiger charge is -2.42. The van der Waals surface area contributed by atoms with Crippen LogP contribution in [0, 0.1) is 23.7 Å². The molecular weight excluding hydrogens is 232 g/mol. The van der Waals surface area contributed by atoms with E-state index in [0.29, 0.717) is 0 Å². The number of hydrogen-bond acceptors (Lipinski definition) is 2. The monoisotopic (exact) mass is 264 g/mol. The molecule has 19 heavy (non-hydrogen) atoms. The molecule has 0 spiro atoms. The van der Waals surface area contributed by atoms with E-state index in [2.05, 4.69) is 31.1 Å². The van der Waals surface area contributed by atoms with Gasteiger partial charge >= 0.3 is 0 Å². The van der Waals surface area contributed by atoms with Crippen molar-refractivity contribution in [3.8, 4) is 0 Å². The molecule has 0 heterocycles. The van der Waals surface area contributed by atoms with Crippen molar-refractivity contribution in [3.05, 3.63) is 0 Å². The van der Waals surface area contributed by atoms with Gasteiger partial charge in [0.2, 0.25) is 0 Å². The van der Waals surface area contributed by atoms with Crippen molar-refractivity contribution in [3.63, 3.8) is 0 Å². The van der Waals surface area contributed by atoms with Gasteiger partial charge in [-0.15, -0.1) is 0 Å². The van der Waals surface area contributed by atoms with Crippen LogP contribution in [0.2, 0.25) is 0 Å². The largest absolute Gasteiger partial charge is 0.317 e. The lowest BCUT2D eigenvalue weighted by molar-refractivity contribution is 0.0983. The summed E-state index contributed by atoms with van der Waals surface area (Å²) >= 11 is 0. The van der Waals surface area contributed by atoms with E-state index in [9.17, 15) is 0 Å². The molecule has 4 unspecified atom stereocenters. The maximum atomic E-state index is 3.62. The Bertz CT molecular complexity index is 296. The van der Waals surface area contributed by atoms with E-state index in [1.54, 1.807) is 0 Å². The average Bonchev–Trinajstić information content (AvgIpc) is 3.24. The molecule has 0 aliphatic heterocycles. The maximum absolute atomic E-state index is 3.62. The Morgan fingerprint density at radius 2 is 1.74 bits per heavy atom. The van der Waals surface area contributed by atoms with Crippen LogP contribution >= 0.6 is 0 Å². The van der Waals surface area contributed by atoms with E-state index >= 15 is 0 Å². The second kappa shape index (κ2) is 5.73. The number of nitrogens with zero attached hydrogens (tertiary/aromatic N) is 1. The van der Waals surface area contributed by atoms with E-state index < -0.39 is 0 Å². The molecule has 0 aromatic heterocycles. The van der Waals surface area contributed by atoms with Crippen molar-refractivity contribution < 1.29 is 0 Å².